The Morgan fingerprint density at radius 1 is 1.28 bits per heavy atom. The highest BCUT2D eigenvalue weighted by atomic mass is 16.5. The number of aryl methyl sites for hydroxylation is 1. The van der Waals surface area contributed by atoms with Crippen LogP contribution < -0.4 is 10.6 Å². The van der Waals surface area contributed by atoms with Crippen molar-refractivity contribution < 1.29 is 10.0 Å². The van der Waals surface area contributed by atoms with E-state index in [1.165, 1.54) is 5.56 Å². The Bertz CT molecular complexity index is 815. The molecule has 0 radical (unpaired) electrons. The lowest BCUT2D eigenvalue weighted by atomic mass is 9.94. The molecule has 1 atom stereocenters. The minimum atomic E-state index is -0.865. The van der Waals surface area contributed by atoms with Gasteiger partial charge < -0.3 is 10.6 Å². The van der Waals surface area contributed by atoms with Crippen molar-refractivity contribution in [2.45, 2.75) is 25.4 Å². The number of anilines is 1. The fourth-order valence-electron chi connectivity index (χ4n) is 3.32. The monoisotopic (exact) mass is 336 g/mol. The molecule has 1 unspecified atom stereocenters. The number of nitriles is 1. The molecular weight excluding hydrogens is 316 g/mol. The van der Waals surface area contributed by atoms with Gasteiger partial charge in [0.2, 0.25) is 0 Å². The normalized spacial score (nSPS) is 16.0. The number of rotatable bonds is 4. The largest absolute Gasteiger partial charge is 0.362 e. The fourth-order valence-corrected chi connectivity index (χ4v) is 3.32. The molecule has 0 saturated heterocycles. The Kier molecular flexibility index (Phi) is 4.87. The van der Waals surface area contributed by atoms with Crippen molar-refractivity contribution in [2.75, 3.05) is 11.4 Å². The molecule has 25 heavy (non-hydrogen) atoms. The standard InChI is InChI=1S/C19H20N4O2/c20-11-15-6-1-2-7-16(15)12-22-17(13-23(25)19(21)24)10-9-14-5-3-4-8-18(14)22/h1-8,17,25H,9-10,12-13H2,(H2,21,24). The van der Waals surface area contributed by atoms with Crippen LogP contribution in [0.1, 0.15) is 23.1 Å². The third-order valence-electron chi connectivity index (χ3n) is 4.61. The number of amides is 2. The van der Waals surface area contributed by atoms with Gasteiger partial charge in [-0.05, 0) is 36.1 Å². The second-order valence-electron chi connectivity index (χ2n) is 6.14. The Labute approximate surface area is 146 Å². The first-order valence-corrected chi connectivity index (χ1v) is 8.18. The van der Waals surface area contributed by atoms with Crippen molar-refractivity contribution in [1.82, 2.24) is 5.06 Å². The van der Waals surface area contributed by atoms with E-state index in [0.29, 0.717) is 17.2 Å². The summed E-state index contributed by atoms with van der Waals surface area (Å²) in [4.78, 5) is 13.4. The zero-order valence-electron chi connectivity index (χ0n) is 13.8. The lowest BCUT2D eigenvalue weighted by molar-refractivity contribution is -0.0446. The van der Waals surface area contributed by atoms with Crippen LogP contribution in [0, 0.1) is 11.3 Å². The van der Waals surface area contributed by atoms with Crippen LogP contribution in [0.15, 0.2) is 48.5 Å². The van der Waals surface area contributed by atoms with Gasteiger partial charge in [-0.2, -0.15) is 5.26 Å². The van der Waals surface area contributed by atoms with E-state index in [1.807, 2.05) is 36.4 Å². The van der Waals surface area contributed by atoms with Crippen LogP contribution in [0.3, 0.4) is 0 Å². The summed E-state index contributed by atoms with van der Waals surface area (Å²) in [6.07, 6.45) is 1.65. The number of fused-ring (bicyclic) bond motifs is 1. The molecule has 1 aliphatic rings. The zero-order valence-corrected chi connectivity index (χ0v) is 13.8. The Balaban J connectivity index is 1.94. The molecule has 0 aromatic heterocycles. The maximum atomic E-state index is 11.2. The van der Waals surface area contributed by atoms with Crippen LogP contribution in [0.4, 0.5) is 10.5 Å². The first-order chi connectivity index (χ1) is 12.1. The van der Waals surface area contributed by atoms with Gasteiger partial charge in [0.05, 0.1) is 18.2 Å². The van der Waals surface area contributed by atoms with Crippen LogP contribution in [-0.2, 0) is 13.0 Å². The Morgan fingerprint density at radius 2 is 2.00 bits per heavy atom. The van der Waals surface area contributed by atoms with Gasteiger partial charge >= 0.3 is 6.03 Å². The number of urea groups is 1. The van der Waals surface area contributed by atoms with E-state index in [2.05, 4.69) is 17.0 Å². The number of nitrogens with zero attached hydrogens (tertiary/aromatic N) is 3. The highest BCUT2D eigenvalue weighted by molar-refractivity contribution is 5.70. The highest BCUT2D eigenvalue weighted by Gasteiger charge is 2.28. The van der Waals surface area contributed by atoms with Crippen molar-refractivity contribution in [2.24, 2.45) is 5.73 Å². The number of primary amides is 1. The molecule has 1 aliphatic heterocycles. The molecule has 2 aromatic carbocycles. The number of para-hydroxylation sites is 1. The lowest BCUT2D eigenvalue weighted by Crippen LogP contribution is -2.48. The number of hydrogen-bond acceptors (Lipinski definition) is 4. The summed E-state index contributed by atoms with van der Waals surface area (Å²) in [5.74, 6) is 0. The van der Waals surface area contributed by atoms with E-state index < -0.39 is 6.03 Å². The first kappa shape index (κ1) is 16.8. The molecule has 3 rings (SSSR count). The van der Waals surface area contributed by atoms with E-state index in [1.54, 1.807) is 6.07 Å². The third-order valence-corrected chi connectivity index (χ3v) is 4.61. The summed E-state index contributed by atoms with van der Waals surface area (Å²) in [5, 5.41) is 19.7. The fraction of sp³-hybridized carbons (Fsp3) is 0.263. The van der Waals surface area contributed by atoms with Gasteiger partial charge in [0, 0.05) is 18.3 Å². The molecule has 0 fully saturated rings. The number of hydroxylamine groups is 2. The quantitative estimate of drug-likeness (QED) is 0.663. The highest BCUT2D eigenvalue weighted by Crippen LogP contribution is 2.32. The van der Waals surface area contributed by atoms with Gasteiger partial charge in [-0.15, -0.1) is 0 Å². The summed E-state index contributed by atoms with van der Waals surface area (Å²) in [7, 11) is 0. The summed E-state index contributed by atoms with van der Waals surface area (Å²) < 4.78 is 0. The first-order valence-electron chi connectivity index (χ1n) is 8.18. The Morgan fingerprint density at radius 3 is 2.76 bits per heavy atom. The molecule has 2 amide bonds. The van der Waals surface area contributed by atoms with Crippen molar-refractivity contribution in [3.05, 3.63) is 65.2 Å². The average Bonchev–Trinajstić information content (AvgIpc) is 2.63. The van der Waals surface area contributed by atoms with E-state index in [0.717, 1.165) is 24.1 Å². The van der Waals surface area contributed by atoms with Gasteiger partial charge in [0.25, 0.3) is 0 Å². The van der Waals surface area contributed by atoms with E-state index in [9.17, 15) is 15.3 Å². The van der Waals surface area contributed by atoms with E-state index >= 15 is 0 Å². The van der Waals surface area contributed by atoms with Crippen molar-refractivity contribution >= 4 is 11.7 Å². The number of nitrogens with two attached hydrogens (primary N) is 1. The molecule has 3 N–H and O–H groups in total. The zero-order chi connectivity index (χ0) is 17.8. The minimum Gasteiger partial charge on any atom is -0.362 e. The lowest BCUT2D eigenvalue weighted by Gasteiger charge is -2.40. The van der Waals surface area contributed by atoms with Crippen LogP contribution in [0.2, 0.25) is 0 Å². The summed E-state index contributed by atoms with van der Waals surface area (Å²) >= 11 is 0. The number of hydrogen-bond donors (Lipinski definition) is 2. The molecule has 128 valence electrons. The number of carbonyl (C=O) groups excluding carboxylic acids is 1. The molecule has 2 aromatic rings. The molecule has 0 saturated carbocycles. The van der Waals surface area contributed by atoms with Gasteiger partial charge in [0.1, 0.15) is 0 Å². The SMILES string of the molecule is N#Cc1ccccc1CN1c2ccccc2CCC1CN(O)C(N)=O. The van der Waals surface area contributed by atoms with Crippen LogP contribution in [-0.4, -0.2) is 28.9 Å². The number of carbonyl (C=O) groups is 1. The average molecular weight is 336 g/mol. The molecule has 0 aliphatic carbocycles. The van der Waals surface area contributed by atoms with Crippen LogP contribution >= 0.6 is 0 Å². The molecule has 6 nitrogen and oxygen atoms in total. The minimum absolute atomic E-state index is 0.0841. The second-order valence-corrected chi connectivity index (χ2v) is 6.14. The third kappa shape index (κ3) is 3.57. The molecule has 0 spiro atoms. The number of benzene rings is 2. The van der Waals surface area contributed by atoms with Crippen LogP contribution in [0.25, 0.3) is 0 Å². The predicted octanol–water partition coefficient (Wildman–Crippen LogP) is 2.65. The van der Waals surface area contributed by atoms with Crippen molar-refractivity contribution in [1.29, 1.82) is 5.26 Å². The maximum Gasteiger partial charge on any atom is 0.338 e. The summed E-state index contributed by atoms with van der Waals surface area (Å²) in [5.41, 5.74) is 8.98. The van der Waals surface area contributed by atoms with Gasteiger partial charge in [0.15, 0.2) is 0 Å². The Hall–Kier alpha value is -3.04. The molecule has 0 bridgehead atoms. The smallest absolute Gasteiger partial charge is 0.338 e. The molecule has 1 heterocycles. The summed E-state index contributed by atoms with van der Waals surface area (Å²) in [6.45, 7) is 0.649. The van der Waals surface area contributed by atoms with Gasteiger partial charge in [-0.3, -0.25) is 5.21 Å². The van der Waals surface area contributed by atoms with Crippen molar-refractivity contribution in [3.8, 4) is 6.07 Å². The molecule has 6 heteroatoms. The second kappa shape index (κ2) is 7.24. The molecular formula is C19H20N4O2. The maximum absolute atomic E-state index is 11.2. The topological polar surface area (TPSA) is 93.6 Å². The van der Waals surface area contributed by atoms with Crippen molar-refractivity contribution in [3.63, 3.8) is 0 Å². The van der Waals surface area contributed by atoms with Crippen LogP contribution in [0.5, 0.6) is 0 Å². The van der Waals surface area contributed by atoms with Gasteiger partial charge in [-0.25, -0.2) is 9.86 Å². The van der Waals surface area contributed by atoms with E-state index in [-0.39, 0.29) is 12.6 Å². The van der Waals surface area contributed by atoms with Gasteiger partial charge in [-0.1, -0.05) is 36.4 Å². The summed E-state index contributed by atoms with van der Waals surface area (Å²) in [6, 6.07) is 16.8. The van der Waals surface area contributed by atoms with E-state index in [4.69, 9.17) is 5.73 Å². The predicted molar refractivity (Wildman–Crippen MR) is 94.0 cm³/mol.